The number of hydrogen-bond acceptors (Lipinski definition) is 4. The fourth-order valence-electron chi connectivity index (χ4n) is 1.10. The number of rotatable bonds is 3. The minimum atomic E-state index is 0.826. The molecule has 0 saturated carbocycles. The van der Waals surface area contributed by atoms with E-state index in [1.807, 2.05) is 0 Å². The summed E-state index contributed by atoms with van der Waals surface area (Å²) in [6, 6.07) is 0. The first-order chi connectivity index (χ1) is 6.40. The molecule has 0 spiro atoms. The molecule has 0 fully saturated rings. The molecule has 2 aromatic rings. The van der Waals surface area contributed by atoms with E-state index >= 15 is 0 Å². The van der Waals surface area contributed by atoms with E-state index in [4.69, 9.17) is 0 Å². The third-order valence-electron chi connectivity index (χ3n) is 1.69. The summed E-state index contributed by atoms with van der Waals surface area (Å²) >= 11 is 1.61. The van der Waals surface area contributed by atoms with Gasteiger partial charge in [0.15, 0.2) is 0 Å². The molecule has 68 valence electrons. The van der Waals surface area contributed by atoms with Crippen LogP contribution >= 0.6 is 11.3 Å². The van der Waals surface area contributed by atoms with Gasteiger partial charge >= 0.3 is 0 Å². The van der Waals surface area contributed by atoms with Gasteiger partial charge in [0.1, 0.15) is 10.7 Å². The van der Waals surface area contributed by atoms with Crippen molar-refractivity contribution in [3.05, 3.63) is 17.3 Å². The van der Waals surface area contributed by atoms with Crippen LogP contribution in [0, 0.1) is 0 Å². The number of aromatic amines is 1. The first kappa shape index (κ1) is 8.37. The van der Waals surface area contributed by atoms with E-state index < -0.39 is 0 Å². The summed E-state index contributed by atoms with van der Waals surface area (Å²) in [4.78, 5) is 4.44. The predicted molar refractivity (Wildman–Crippen MR) is 51.5 cm³/mol. The van der Waals surface area contributed by atoms with Gasteiger partial charge in [0.2, 0.25) is 0 Å². The molecule has 13 heavy (non-hydrogen) atoms. The molecule has 2 rings (SSSR count). The molecule has 0 aliphatic rings. The number of thiazole rings is 1. The van der Waals surface area contributed by atoms with Gasteiger partial charge in [0.05, 0.1) is 11.9 Å². The van der Waals surface area contributed by atoms with Gasteiger partial charge in [-0.2, -0.15) is 15.4 Å². The van der Waals surface area contributed by atoms with E-state index in [2.05, 4.69) is 32.7 Å². The van der Waals surface area contributed by atoms with Gasteiger partial charge in [-0.25, -0.2) is 4.98 Å². The molecule has 2 heterocycles. The van der Waals surface area contributed by atoms with E-state index in [9.17, 15) is 0 Å². The lowest BCUT2D eigenvalue weighted by atomic mass is 10.3. The van der Waals surface area contributed by atoms with Crippen LogP contribution in [0.5, 0.6) is 0 Å². The first-order valence-corrected chi connectivity index (χ1v) is 5.08. The minimum absolute atomic E-state index is 0.826. The Labute approximate surface area is 80.0 Å². The standard InChI is InChI=1S/C8H10N4S/c1-2-3-6-5-13-8(10-6)7-4-9-12-11-7/h4-5H,2-3H2,1H3,(H,9,11,12). The van der Waals surface area contributed by atoms with Crippen LogP contribution in [0.25, 0.3) is 10.7 Å². The lowest BCUT2D eigenvalue weighted by Gasteiger charge is -1.87. The highest BCUT2D eigenvalue weighted by Gasteiger charge is 2.05. The Morgan fingerprint density at radius 1 is 1.54 bits per heavy atom. The zero-order valence-electron chi connectivity index (χ0n) is 7.32. The van der Waals surface area contributed by atoms with Crippen molar-refractivity contribution in [3.63, 3.8) is 0 Å². The van der Waals surface area contributed by atoms with Crippen LogP contribution in [0.15, 0.2) is 11.6 Å². The van der Waals surface area contributed by atoms with Crippen LogP contribution < -0.4 is 0 Å². The average Bonchev–Trinajstić information content (AvgIpc) is 2.70. The molecule has 4 nitrogen and oxygen atoms in total. The van der Waals surface area contributed by atoms with Crippen LogP contribution in [0.4, 0.5) is 0 Å². The van der Waals surface area contributed by atoms with Crippen LogP contribution in [0.1, 0.15) is 19.0 Å². The predicted octanol–water partition coefficient (Wildman–Crippen LogP) is 1.88. The zero-order chi connectivity index (χ0) is 9.10. The second-order valence-electron chi connectivity index (χ2n) is 2.75. The number of nitrogens with zero attached hydrogens (tertiary/aromatic N) is 3. The smallest absolute Gasteiger partial charge is 0.145 e. The van der Waals surface area contributed by atoms with E-state index in [0.29, 0.717) is 0 Å². The third kappa shape index (κ3) is 1.75. The van der Waals surface area contributed by atoms with E-state index in [1.165, 1.54) is 0 Å². The monoisotopic (exact) mass is 194 g/mol. The summed E-state index contributed by atoms with van der Waals surface area (Å²) in [5, 5.41) is 13.3. The molecule has 5 heteroatoms. The van der Waals surface area contributed by atoms with Crippen molar-refractivity contribution in [2.24, 2.45) is 0 Å². The van der Waals surface area contributed by atoms with Crippen molar-refractivity contribution >= 4 is 11.3 Å². The Bertz CT molecular complexity index is 365. The number of hydrogen-bond donors (Lipinski definition) is 1. The van der Waals surface area contributed by atoms with Crippen LogP contribution in [0.2, 0.25) is 0 Å². The number of aryl methyl sites for hydroxylation is 1. The number of nitrogens with one attached hydrogen (secondary N) is 1. The highest BCUT2D eigenvalue weighted by atomic mass is 32.1. The van der Waals surface area contributed by atoms with Gasteiger partial charge in [-0.05, 0) is 6.42 Å². The highest BCUT2D eigenvalue weighted by molar-refractivity contribution is 7.13. The topological polar surface area (TPSA) is 54.5 Å². The van der Waals surface area contributed by atoms with Crippen molar-refractivity contribution in [2.75, 3.05) is 0 Å². The maximum absolute atomic E-state index is 4.44. The number of aromatic nitrogens is 4. The lowest BCUT2D eigenvalue weighted by molar-refractivity contribution is 0.892. The van der Waals surface area contributed by atoms with Crippen molar-refractivity contribution in [2.45, 2.75) is 19.8 Å². The Morgan fingerprint density at radius 2 is 2.46 bits per heavy atom. The maximum Gasteiger partial charge on any atom is 0.145 e. The van der Waals surface area contributed by atoms with Gasteiger partial charge in [0.25, 0.3) is 0 Å². The van der Waals surface area contributed by atoms with Crippen molar-refractivity contribution in [1.82, 2.24) is 20.4 Å². The maximum atomic E-state index is 4.44. The lowest BCUT2D eigenvalue weighted by Crippen LogP contribution is -1.83. The van der Waals surface area contributed by atoms with E-state index in [1.54, 1.807) is 17.5 Å². The van der Waals surface area contributed by atoms with E-state index in [-0.39, 0.29) is 0 Å². The van der Waals surface area contributed by atoms with Gasteiger partial charge < -0.3 is 0 Å². The molecule has 0 atom stereocenters. The normalized spacial score (nSPS) is 10.5. The molecular weight excluding hydrogens is 184 g/mol. The Balaban J connectivity index is 2.23. The minimum Gasteiger partial charge on any atom is -0.239 e. The molecule has 0 aliphatic heterocycles. The molecule has 0 aromatic carbocycles. The highest BCUT2D eigenvalue weighted by Crippen LogP contribution is 2.20. The molecule has 0 saturated heterocycles. The molecular formula is C8H10N4S. The zero-order valence-corrected chi connectivity index (χ0v) is 8.14. The first-order valence-electron chi connectivity index (χ1n) is 4.20. The van der Waals surface area contributed by atoms with Crippen LogP contribution in [0.3, 0.4) is 0 Å². The van der Waals surface area contributed by atoms with Crippen molar-refractivity contribution in [3.8, 4) is 10.7 Å². The summed E-state index contributed by atoms with van der Waals surface area (Å²) in [6.07, 6.45) is 3.85. The summed E-state index contributed by atoms with van der Waals surface area (Å²) in [5.41, 5.74) is 1.97. The Kier molecular flexibility index (Phi) is 2.35. The second kappa shape index (κ2) is 3.66. The largest absolute Gasteiger partial charge is 0.239 e. The van der Waals surface area contributed by atoms with Gasteiger partial charge in [-0.1, -0.05) is 13.3 Å². The molecule has 0 aliphatic carbocycles. The Hall–Kier alpha value is -1.23. The molecule has 0 bridgehead atoms. The summed E-state index contributed by atoms with van der Waals surface area (Å²) < 4.78 is 0. The molecule has 1 N–H and O–H groups in total. The quantitative estimate of drug-likeness (QED) is 0.811. The van der Waals surface area contributed by atoms with Gasteiger partial charge in [0, 0.05) is 5.38 Å². The summed E-state index contributed by atoms with van der Waals surface area (Å²) in [6.45, 7) is 2.15. The van der Waals surface area contributed by atoms with Crippen LogP contribution in [-0.4, -0.2) is 20.4 Å². The molecule has 0 amide bonds. The van der Waals surface area contributed by atoms with Gasteiger partial charge in [-0.15, -0.1) is 11.3 Å². The van der Waals surface area contributed by atoms with Crippen molar-refractivity contribution in [1.29, 1.82) is 0 Å². The molecule has 2 aromatic heterocycles. The number of H-pyrrole nitrogens is 1. The third-order valence-corrected chi connectivity index (χ3v) is 2.61. The fraction of sp³-hybridized carbons (Fsp3) is 0.375. The second-order valence-corrected chi connectivity index (χ2v) is 3.61. The van der Waals surface area contributed by atoms with E-state index in [0.717, 1.165) is 29.2 Å². The Morgan fingerprint density at radius 3 is 3.15 bits per heavy atom. The fourth-order valence-corrected chi connectivity index (χ4v) is 1.91. The summed E-state index contributed by atoms with van der Waals surface area (Å²) in [7, 11) is 0. The van der Waals surface area contributed by atoms with Crippen LogP contribution in [-0.2, 0) is 6.42 Å². The summed E-state index contributed by atoms with van der Waals surface area (Å²) in [5.74, 6) is 0. The molecule has 0 radical (unpaired) electrons. The SMILES string of the molecule is CCCc1csc(-c2cn[nH]n2)n1. The van der Waals surface area contributed by atoms with Crippen molar-refractivity contribution < 1.29 is 0 Å². The average molecular weight is 194 g/mol. The van der Waals surface area contributed by atoms with Gasteiger partial charge in [-0.3, -0.25) is 0 Å². The molecule has 0 unspecified atom stereocenters.